The molecule has 0 aliphatic carbocycles. The summed E-state index contributed by atoms with van der Waals surface area (Å²) in [6, 6.07) is 18.8. The maximum absolute atomic E-state index is 12.2. The van der Waals surface area contributed by atoms with E-state index >= 15 is 0 Å². The van der Waals surface area contributed by atoms with E-state index in [1.165, 1.54) is 0 Å². The van der Waals surface area contributed by atoms with Gasteiger partial charge in [-0.2, -0.15) is 0 Å². The number of likely N-dealkylation sites (N-methyl/N-ethyl adjacent to an activating group) is 1. The predicted octanol–water partition coefficient (Wildman–Crippen LogP) is 2.52. The van der Waals surface area contributed by atoms with Gasteiger partial charge in [0, 0.05) is 7.05 Å². The molecule has 2 aromatic rings. The lowest BCUT2D eigenvalue weighted by Crippen LogP contribution is -2.44. The summed E-state index contributed by atoms with van der Waals surface area (Å²) >= 11 is 0. The van der Waals surface area contributed by atoms with Gasteiger partial charge >= 0.3 is 0 Å². The van der Waals surface area contributed by atoms with Crippen LogP contribution in [0.4, 0.5) is 0 Å². The van der Waals surface area contributed by atoms with Crippen LogP contribution >= 0.6 is 12.4 Å². The van der Waals surface area contributed by atoms with Crippen LogP contribution in [0.5, 0.6) is 5.75 Å². The van der Waals surface area contributed by atoms with Crippen LogP contribution in [-0.4, -0.2) is 37.0 Å². The minimum atomic E-state index is -0.524. The van der Waals surface area contributed by atoms with Crippen molar-refractivity contribution >= 4 is 18.3 Å². The van der Waals surface area contributed by atoms with Gasteiger partial charge in [0.2, 0.25) is 5.91 Å². The Labute approximate surface area is 143 Å². The zero-order valence-corrected chi connectivity index (χ0v) is 14.0. The highest BCUT2D eigenvalue weighted by Crippen LogP contribution is 2.08. The number of carbonyl (C=O) groups excluding carboxylic acids is 1. The van der Waals surface area contributed by atoms with Gasteiger partial charge in [-0.25, -0.2) is 0 Å². The molecule has 0 aliphatic heterocycles. The standard InChI is InChI=1S/C18H22N2O2.ClH/c1-20(12-13-22-16-10-6-3-7-11-16)18(21)17(19)14-15-8-4-2-5-9-15;/h2-11,17H,12-14,19H2,1H3;1H. The normalized spacial score (nSPS) is 11.2. The van der Waals surface area contributed by atoms with Crippen molar-refractivity contribution < 1.29 is 9.53 Å². The van der Waals surface area contributed by atoms with E-state index in [0.29, 0.717) is 19.6 Å². The number of halogens is 1. The summed E-state index contributed by atoms with van der Waals surface area (Å²) < 4.78 is 5.59. The molecule has 0 saturated carbocycles. The van der Waals surface area contributed by atoms with Crippen LogP contribution in [0, 0.1) is 0 Å². The summed E-state index contributed by atoms with van der Waals surface area (Å²) in [6.07, 6.45) is 0.545. The van der Waals surface area contributed by atoms with Gasteiger partial charge in [0.05, 0.1) is 12.6 Å². The molecule has 0 heterocycles. The number of benzene rings is 2. The van der Waals surface area contributed by atoms with Crippen molar-refractivity contribution in [2.45, 2.75) is 12.5 Å². The fourth-order valence-electron chi connectivity index (χ4n) is 2.17. The third-order valence-electron chi connectivity index (χ3n) is 3.43. The van der Waals surface area contributed by atoms with Crippen LogP contribution in [0.3, 0.4) is 0 Å². The van der Waals surface area contributed by atoms with Gasteiger partial charge in [0.25, 0.3) is 0 Å². The highest BCUT2D eigenvalue weighted by atomic mass is 35.5. The van der Waals surface area contributed by atoms with Crippen LogP contribution in [0.25, 0.3) is 0 Å². The molecule has 0 saturated heterocycles. The van der Waals surface area contributed by atoms with Crippen LogP contribution in [-0.2, 0) is 11.2 Å². The molecule has 0 bridgehead atoms. The van der Waals surface area contributed by atoms with E-state index in [-0.39, 0.29) is 18.3 Å². The van der Waals surface area contributed by atoms with Crippen molar-refractivity contribution in [3.05, 3.63) is 66.2 Å². The molecule has 1 atom stereocenters. The number of ether oxygens (including phenoxy) is 1. The number of para-hydroxylation sites is 1. The summed E-state index contributed by atoms with van der Waals surface area (Å²) in [6.45, 7) is 0.959. The Morgan fingerprint density at radius 3 is 2.26 bits per heavy atom. The number of rotatable bonds is 7. The summed E-state index contributed by atoms with van der Waals surface area (Å²) in [5.74, 6) is 0.734. The maximum Gasteiger partial charge on any atom is 0.239 e. The Balaban J connectivity index is 0.00000264. The van der Waals surface area contributed by atoms with Gasteiger partial charge in [-0.3, -0.25) is 4.79 Å². The second-order valence-corrected chi connectivity index (χ2v) is 5.22. The number of hydrogen-bond acceptors (Lipinski definition) is 3. The first-order valence-corrected chi connectivity index (χ1v) is 7.39. The zero-order valence-electron chi connectivity index (χ0n) is 13.2. The van der Waals surface area contributed by atoms with Crippen molar-refractivity contribution in [3.63, 3.8) is 0 Å². The molecule has 2 aromatic carbocycles. The molecule has 5 heteroatoms. The maximum atomic E-state index is 12.2. The Kier molecular flexibility index (Phi) is 8.16. The highest BCUT2D eigenvalue weighted by Gasteiger charge is 2.18. The average molecular weight is 335 g/mol. The molecule has 124 valence electrons. The molecule has 0 fully saturated rings. The Morgan fingerprint density at radius 1 is 1.09 bits per heavy atom. The molecule has 0 aromatic heterocycles. The van der Waals surface area contributed by atoms with Gasteiger partial charge in [0.1, 0.15) is 12.4 Å². The van der Waals surface area contributed by atoms with Crippen LogP contribution < -0.4 is 10.5 Å². The predicted molar refractivity (Wildman–Crippen MR) is 94.9 cm³/mol. The molecular formula is C18H23ClN2O2. The number of hydrogen-bond donors (Lipinski definition) is 1. The average Bonchev–Trinajstić information content (AvgIpc) is 2.56. The molecule has 1 amide bonds. The number of nitrogens with zero attached hydrogens (tertiary/aromatic N) is 1. The first-order valence-electron chi connectivity index (χ1n) is 7.39. The van der Waals surface area contributed by atoms with E-state index in [9.17, 15) is 4.79 Å². The molecule has 1 unspecified atom stereocenters. The smallest absolute Gasteiger partial charge is 0.239 e. The minimum absolute atomic E-state index is 0. The van der Waals surface area contributed by atoms with Gasteiger partial charge in [-0.15, -0.1) is 12.4 Å². The van der Waals surface area contributed by atoms with Crippen molar-refractivity contribution in [1.82, 2.24) is 4.90 Å². The van der Waals surface area contributed by atoms with Crippen LogP contribution in [0.2, 0.25) is 0 Å². The zero-order chi connectivity index (χ0) is 15.8. The summed E-state index contributed by atoms with van der Waals surface area (Å²) in [5.41, 5.74) is 7.07. The lowest BCUT2D eigenvalue weighted by molar-refractivity contribution is -0.131. The lowest BCUT2D eigenvalue weighted by Gasteiger charge is -2.21. The van der Waals surface area contributed by atoms with E-state index < -0.39 is 6.04 Å². The SMILES string of the molecule is CN(CCOc1ccccc1)C(=O)C(N)Cc1ccccc1.Cl. The van der Waals surface area contributed by atoms with Gasteiger partial charge < -0.3 is 15.4 Å². The largest absolute Gasteiger partial charge is 0.492 e. The molecule has 23 heavy (non-hydrogen) atoms. The minimum Gasteiger partial charge on any atom is -0.492 e. The molecule has 0 radical (unpaired) electrons. The Hall–Kier alpha value is -2.04. The Morgan fingerprint density at radius 2 is 1.65 bits per heavy atom. The number of carbonyl (C=O) groups is 1. The third-order valence-corrected chi connectivity index (χ3v) is 3.43. The molecule has 0 aliphatic rings. The Bertz CT molecular complexity index is 578. The molecule has 2 rings (SSSR count). The van der Waals surface area contributed by atoms with Gasteiger partial charge in [-0.05, 0) is 24.1 Å². The van der Waals surface area contributed by atoms with Crippen LogP contribution in [0.15, 0.2) is 60.7 Å². The van der Waals surface area contributed by atoms with Crippen LogP contribution in [0.1, 0.15) is 5.56 Å². The van der Waals surface area contributed by atoms with E-state index in [0.717, 1.165) is 11.3 Å². The molecule has 4 nitrogen and oxygen atoms in total. The van der Waals surface area contributed by atoms with Gasteiger partial charge in [0.15, 0.2) is 0 Å². The quantitative estimate of drug-likeness (QED) is 0.846. The van der Waals surface area contributed by atoms with Crippen molar-refractivity contribution in [1.29, 1.82) is 0 Å². The molecule has 2 N–H and O–H groups in total. The number of nitrogens with two attached hydrogens (primary N) is 1. The fourth-order valence-corrected chi connectivity index (χ4v) is 2.17. The third kappa shape index (κ3) is 6.30. The lowest BCUT2D eigenvalue weighted by atomic mass is 10.1. The van der Waals surface area contributed by atoms with E-state index in [1.807, 2.05) is 60.7 Å². The van der Waals surface area contributed by atoms with Gasteiger partial charge in [-0.1, -0.05) is 48.5 Å². The van der Waals surface area contributed by atoms with E-state index in [4.69, 9.17) is 10.5 Å². The monoisotopic (exact) mass is 334 g/mol. The first-order chi connectivity index (χ1) is 10.7. The fraction of sp³-hybridized carbons (Fsp3) is 0.278. The molecule has 0 spiro atoms. The topological polar surface area (TPSA) is 55.6 Å². The van der Waals surface area contributed by atoms with E-state index in [1.54, 1.807) is 11.9 Å². The highest BCUT2D eigenvalue weighted by molar-refractivity contribution is 5.85. The molecular weight excluding hydrogens is 312 g/mol. The first kappa shape index (κ1) is 19.0. The second-order valence-electron chi connectivity index (χ2n) is 5.22. The second kappa shape index (κ2) is 9.87. The van der Waals surface area contributed by atoms with E-state index in [2.05, 4.69) is 0 Å². The summed E-state index contributed by atoms with van der Waals surface area (Å²) in [4.78, 5) is 13.9. The van der Waals surface area contributed by atoms with Crippen molar-refractivity contribution in [2.24, 2.45) is 5.73 Å². The number of amides is 1. The summed E-state index contributed by atoms with van der Waals surface area (Å²) in [7, 11) is 1.75. The van der Waals surface area contributed by atoms with Crippen molar-refractivity contribution in [3.8, 4) is 5.75 Å². The van der Waals surface area contributed by atoms with Crippen molar-refractivity contribution in [2.75, 3.05) is 20.2 Å². The summed E-state index contributed by atoms with van der Waals surface area (Å²) in [5, 5.41) is 0.